The molecule has 0 heterocycles. The van der Waals surface area contributed by atoms with Gasteiger partial charge in [-0.2, -0.15) is 0 Å². The van der Waals surface area contributed by atoms with Gasteiger partial charge in [-0.1, -0.05) is 39.0 Å². The standard InChI is InChI=1S/C23H42N4O4/c1-16-10-12-18(13-11-16)25-21(28)20(15-17-7-3-2-4-8-17)27-23(31)26-19(22(29)30)9-5-6-14-24/h16-20H,2-15,24H2,1H3,(H,25,28)(H,29,30)(H2,26,27,31)/t16?,18?,19-,20+/m0/s1. The van der Waals surface area contributed by atoms with Crippen molar-refractivity contribution in [3.63, 3.8) is 0 Å². The quantitative estimate of drug-likeness (QED) is 0.316. The second kappa shape index (κ2) is 13.6. The molecule has 0 aromatic heterocycles. The average molecular weight is 439 g/mol. The number of hydrogen-bond acceptors (Lipinski definition) is 4. The molecule has 178 valence electrons. The summed E-state index contributed by atoms with van der Waals surface area (Å²) >= 11 is 0. The summed E-state index contributed by atoms with van der Waals surface area (Å²) in [6.45, 7) is 2.73. The summed E-state index contributed by atoms with van der Waals surface area (Å²) in [6, 6.07) is -2.05. The number of urea groups is 1. The van der Waals surface area contributed by atoms with Gasteiger partial charge in [-0.05, 0) is 69.7 Å². The van der Waals surface area contributed by atoms with Crippen molar-refractivity contribution in [2.45, 2.75) is 109 Å². The van der Waals surface area contributed by atoms with Crippen molar-refractivity contribution in [3.8, 4) is 0 Å². The number of nitrogens with two attached hydrogens (primary N) is 1. The Labute approximate surface area is 186 Å². The van der Waals surface area contributed by atoms with Gasteiger partial charge in [-0.25, -0.2) is 9.59 Å². The Morgan fingerprint density at radius 3 is 2.19 bits per heavy atom. The number of amides is 3. The van der Waals surface area contributed by atoms with Gasteiger partial charge in [0, 0.05) is 6.04 Å². The first-order chi connectivity index (χ1) is 14.9. The van der Waals surface area contributed by atoms with E-state index in [2.05, 4.69) is 22.9 Å². The third-order valence-electron chi connectivity index (χ3n) is 6.83. The molecular formula is C23H42N4O4. The Hall–Kier alpha value is -1.83. The highest BCUT2D eigenvalue weighted by Gasteiger charge is 2.29. The molecule has 0 aliphatic heterocycles. The van der Waals surface area contributed by atoms with E-state index >= 15 is 0 Å². The number of rotatable bonds is 11. The zero-order chi connectivity index (χ0) is 22.6. The Morgan fingerprint density at radius 2 is 1.58 bits per heavy atom. The van der Waals surface area contributed by atoms with Gasteiger partial charge >= 0.3 is 12.0 Å². The molecule has 6 N–H and O–H groups in total. The summed E-state index contributed by atoms with van der Waals surface area (Å²) in [5.41, 5.74) is 5.47. The average Bonchev–Trinajstić information content (AvgIpc) is 2.75. The fraction of sp³-hybridized carbons (Fsp3) is 0.870. The van der Waals surface area contributed by atoms with Crippen LogP contribution in [-0.2, 0) is 9.59 Å². The predicted molar refractivity (Wildman–Crippen MR) is 121 cm³/mol. The summed E-state index contributed by atoms with van der Waals surface area (Å²) in [5, 5.41) is 17.9. The second-order valence-corrected chi connectivity index (χ2v) is 9.55. The fourth-order valence-corrected chi connectivity index (χ4v) is 4.80. The highest BCUT2D eigenvalue weighted by Crippen LogP contribution is 2.28. The first-order valence-corrected chi connectivity index (χ1v) is 12.2. The summed E-state index contributed by atoms with van der Waals surface area (Å²) in [4.78, 5) is 37.1. The molecule has 2 aliphatic rings. The van der Waals surface area contributed by atoms with Crippen LogP contribution in [0.5, 0.6) is 0 Å². The molecule has 31 heavy (non-hydrogen) atoms. The fourth-order valence-electron chi connectivity index (χ4n) is 4.80. The van der Waals surface area contributed by atoms with Crippen LogP contribution in [0.15, 0.2) is 0 Å². The number of unbranched alkanes of at least 4 members (excludes halogenated alkanes) is 1. The largest absolute Gasteiger partial charge is 0.480 e. The molecule has 0 bridgehead atoms. The van der Waals surface area contributed by atoms with E-state index in [1.54, 1.807) is 0 Å². The van der Waals surface area contributed by atoms with Crippen LogP contribution in [0.2, 0.25) is 0 Å². The maximum Gasteiger partial charge on any atom is 0.326 e. The molecule has 2 aliphatic carbocycles. The Kier molecular flexibility index (Phi) is 11.1. The first kappa shape index (κ1) is 25.4. The van der Waals surface area contributed by atoms with Gasteiger partial charge in [0.05, 0.1) is 0 Å². The minimum atomic E-state index is -1.07. The molecule has 8 heteroatoms. The molecule has 0 saturated heterocycles. The predicted octanol–water partition coefficient (Wildman–Crippen LogP) is 2.90. The highest BCUT2D eigenvalue weighted by atomic mass is 16.4. The molecule has 2 atom stereocenters. The molecule has 0 aromatic carbocycles. The molecule has 2 rings (SSSR count). The zero-order valence-corrected chi connectivity index (χ0v) is 19.0. The number of nitrogens with one attached hydrogen (secondary N) is 3. The molecular weight excluding hydrogens is 396 g/mol. The third kappa shape index (κ3) is 9.46. The van der Waals surface area contributed by atoms with Crippen molar-refractivity contribution in [3.05, 3.63) is 0 Å². The van der Waals surface area contributed by atoms with E-state index in [9.17, 15) is 19.5 Å². The molecule has 0 aromatic rings. The van der Waals surface area contributed by atoms with Crippen molar-refractivity contribution >= 4 is 17.9 Å². The number of hydrogen-bond donors (Lipinski definition) is 5. The lowest BCUT2D eigenvalue weighted by atomic mass is 9.84. The Morgan fingerprint density at radius 1 is 0.935 bits per heavy atom. The number of aliphatic carboxylic acids is 1. The Balaban J connectivity index is 1.94. The first-order valence-electron chi connectivity index (χ1n) is 12.2. The number of carbonyl (C=O) groups excluding carboxylic acids is 2. The van der Waals surface area contributed by atoms with Crippen LogP contribution in [0, 0.1) is 11.8 Å². The number of carboxylic acids is 1. The maximum atomic E-state index is 13.0. The summed E-state index contributed by atoms with van der Waals surface area (Å²) in [7, 11) is 0. The lowest BCUT2D eigenvalue weighted by molar-refractivity contribution is -0.139. The van der Waals surface area contributed by atoms with Gasteiger partial charge in [0.1, 0.15) is 12.1 Å². The summed E-state index contributed by atoms with van der Waals surface area (Å²) < 4.78 is 0. The van der Waals surface area contributed by atoms with Crippen LogP contribution in [0.25, 0.3) is 0 Å². The molecule has 8 nitrogen and oxygen atoms in total. The summed E-state index contributed by atoms with van der Waals surface area (Å²) in [6.07, 6.45) is 12.1. The molecule has 0 spiro atoms. The molecule has 2 saturated carbocycles. The minimum absolute atomic E-state index is 0.143. The van der Waals surface area contributed by atoms with E-state index in [0.29, 0.717) is 44.1 Å². The number of carbonyl (C=O) groups is 3. The van der Waals surface area contributed by atoms with Crippen LogP contribution >= 0.6 is 0 Å². The zero-order valence-electron chi connectivity index (χ0n) is 19.0. The molecule has 3 amide bonds. The Bertz CT molecular complexity index is 572. The molecule has 0 radical (unpaired) electrons. The van der Waals surface area contributed by atoms with Crippen LogP contribution < -0.4 is 21.7 Å². The normalized spacial score (nSPS) is 24.1. The van der Waals surface area contributed by atoms with Gasteiger partial charge in [-0.3, -0.25) is 4.79 Å². The smallest absolute Gasteiger partial charge is 0.326 e. The van der Waals surface area contributed by atoms with E-state index in [1.807, 2.05) is 0 Å². The van der Waals surface area contributed by atoms with Crippen LogP contribution in [0.3, 0.4) is 0 Å². The van der Waals surface area contributed by atoms with Crippen molar-refractivity contribution in [1.29, 1.82) is 0 Å². The lowest BCUT2D eigenvalue weighted by Gasteiger charge is -2.31. The third-order valence-corrected chi connectivity index (χ3v) is 6.83. The van der Waals surface area contributed by atoms with Gasteiger partial charge in [0.2, 0.25) is 5.91 Å². The van der Waals surface area contributed by atoms with E-state index in [1.165, 1.54) is 6.42 Å². The summed E-state index contributed by atoms with van der Waals surface area (Å²) in [5.74, 6) is -0.106. The van der Waals surface area contributed by atoms with Crippen LogP contribution in [0.1, 0.15) is 90.4 Å². The topological polar surface area (TPSA) is 134 Å². The van der Waals surface area contributed by atoms with Crippen LogP contribution in [0.4, 0.5) is 4.79 Å². The monoisotopic (exact) mass is 438 g/mol. The van der Waals surface area contributed by atoms with Gasteiger partial charge in [0.25, 0.3) is 0 Å². The van der Waals surface area contributed by atoms with Crippen molar-refractivity contribution in [1.82, 2.24) is 16.0 Å². The van der Waals surface area contributed by atoms with Crippen molar-refractivity contribution < 1.29 is 19.5 Å². The maximum absolute atomic E-state index is 13.0. The van der Waals surface area contributed by atoms with Crippen molar-refractivity contribution in [2.24, 2.45) is 17.6 Å². The van der Waals surface area contributed by atoms with Crippen LogP contribution in [-0.4, -0.2) is 47.7 Å². The lowest BCUT2D eigenvalue weighted by Crippen LogP contribution is -2.55. The van der Waals surface area contributed by atoms with E-state index < -0.39 is 24.1 Å². The SMILES string of the molecule is CC1CCC(NC(=O)[C@@H](CC2CCCCC2)NC(=O)N[C@@H](CCCCN)C(=O)O)CC1. The van der Waals surface area contributed by atoms with Gasteiger partial charge in [0.15, 0.2) is 0 Å². The van der Waals surface area contributed by atoms with E-state index in [4.69, 9.17) is 5.73 Å². The second-order valence-electron chi connectivity index (χ2n) is 9.55. The highest BCUT2D eigenvalue weighted by molar-refractivity contribution is 5.88. The number of carboxylic acid groups (broad SMARTS) is 1. The van der Waals surface area contributed by atoms with E-state index in [0.717, 1.165) is 51.4 Å². The molecule has 2 fully saturated rings. The van der Waals surface area contributed by atoms with Crippen molar-refractivity contribution in [2.75, 3.05) is 6.54 Å². The minimum Gasteiger partial charge on any atom is -0.480 e. The molecule has 0 unspecified atom stereocenters. The van der Waals surface area contributed by atoms with E-state index in [-0.39, 0.29) is 11.9 Å². The van der Waals surface area contributed by atoms with Gasteiger partial charge in [-0.15, -0.1) is 0 Å². The van der Waals surface area contributed by atoms with Gasteiger partial charge < -0.3 is 26.8 Å².